The normalized spacial score (nSPS) is 16.1. The second-order valence-corrected chi connectivity index (χ2v) is 7.04. The molecule has 138 valence electrons. The van der Waals surface area contributed by atoms with Crippen LogP contribution in [0.4, 0.5) is 5.69 Å². The molecular weight excluding hydrogens is 340 g/mol. The monoisotopic (exact) mass is 362 g/mol. The highest BCUT2D eigenvalue weighted by Gasteiger charge is 2.31. The van der Waals surface area contributed by atoms with Gasteiger partial charge < -0.3 is 14.6 Å². The SMILES string of the molecule is CC(=O)N(c1ccccc1)[C@@H]1CCc2c(c3ccccc3n2CC(=O)O)C1. The molecule has 1 atom stereocenters. The summed E-state index contributed by atoms with van der Waals surface area (Å²) in [5.74, 6) is -0.806. The summed E-state index contributed by atoms with van der Waals surface area (Å²) in [6.07, 6.45) is 2.31. The van der Waals surface area contributed by atoms with Crippen LogP contribution in [-0.4, -0.2) is 27.6 Å². The zero-order chi connectivity index (χ0) is 19.0. The quantitative estimate of drug-likeness (QED) is 0.771. The smallest absolute Gasteiger partial charge is 0.323 e. The molecule has 0 saturated carbocycles. The van der Waals surface area contributed by atoms with Gasteiger partial charge in [-0.25, -0.2) is 0 Å². The van der Waals surface area contributed by atoms with E-state index in [4.69, 9.17) is 0 Å². The highest BCUT2D eigenvalue weighted by atomic mass is 16.4. The molecule has 1 N–H and O–H groups in total. The lowest BCUT2D eigenvalue weighted by Crippen LogP contribution is -2.42. The predicted molar refractivity (Wildman–Crippen MR) is 105 cm³/mol. The average molecular weight is 362 g/mol. The molecule has 3 aromatic rings. The van der Waals surface area contributed by atoms with Gasteiger partial charge in [0.2, 0.25) is 5.91 Å². The van der Waals surface area contributed by atoms with Crippen molar-refractivity contribution in [1.29, 1.82) is 0 Å². The molecule has 0 spiro atoms. The van der Waals surface area contributed by atoms with Crippen LogP contribution in [0.25, 0.3) is 10.9 Å². The molecule has 1 aliphatic rings. The number of hydrogen-bond acceptors (Lipinski definition) is 2. The molecule has 2 aromatic carbocycles. The second-order valence-electron chi connectivity index (χ2n) is 7.04. The summed E-state index contributed by atoms with van der Waals surface area (Å²) in [4.78, 5) is 25.7. The van der Waals surface area contributed by atoms with Crippen LogP contribution >= 0.6 is 0 Å². The standard InChI is InChI=1S/C22H22N2O3/c1-15(25)24(16-7-3-2-4-8-16)17-11-12-21-19(13-17)18-9-5-6-10-20(18)23(21)14-22(26)27/h2-10,17H,11-14H2,1H3,(H,26,27)/t17-/m1/s1. The lowest BCUT2D eigenvalue weighted by Gasteiger charge is -2.34. The fraction of sp³-hybridized carbons (Fsp3) is 0.273. The molecule has 0 aliphatic heterocycles. The molecule has 0 saturated heterocycles. The first-order valence-corrected chi connectivity index (χ1v) is 9.22. The molecule has 5 heteroatoms. The van der Waals surface area contributed by atoms with E-state index in [2.05, 4.69) is 6.07 Å². The number of amides is 1. The summed E-state index contributed by atoms with van der Waals surface area (Å²) in [7, 11) is 0. The van der Waals surface area contributed by atoms with E-state index in [9.17, 15) is 14.7 Å². The summed E-state index contributed by atoms with van der Waals surface area (Å²) in [6.45, 7) is 1.58. The molecule has 0 bridgehead atoms. The van der Waals surface area contributed by atoms with Crippen molar-refractivity contribution < 1.29 is 14.7 Å². The van der Waals surface area contributed by atoms with Gasteiger partial charge in [-0.05, 0) is 43.0 Å². The summed E-state index contributed by atoms with van der Waals surface area (Å²) in [5.41, 5.74) is 4.13. The molecule has 4 rings (SSSR count). The number of aliphatic carboxylic acids is 1. The molecule has 1 aliphatic carbocycles. The number of carboxylic acid groups (broad SMARTS) is 1. The van der Waals surface area contributed by atoms with Crippen molar-refractivity contribution in [1.82, 2.24) is 4.57 Å². The third-order valence-electron chi connectivity index (χ3n) is 5.38. The van der Waals surface area contributed by atoms with Crippen molar-refractivity contribution in [2.75, 3.05) is 4.90 Å². The van der Waals surface area contributed by atoms with E-state index in [1.807, 2.05) is 58.0 Å². The first-order valence-electron chi connectivity index (χ1n) is 9.22. The van der Waals surface area contributed by atoms with Gasteiger partial charge >= 0.3 is 5.97 Å². The number of hydrogen-bond donors (Lipinski definition) is 1. The van der Waals surface area contributed by atoms with E-state index in [1.165, 1.54) is 5.56 Å². The van der Waals surface area contributed by atoms with Gasteiger partial charge in [0.25, 0.3) is 0 Å². The first-order chi connectivity index (χ1) is 13.1. The van der Waals surface area contributed by atoms with E-state index >= 15 is 0 Å². The zero-order valence-electron chi connectivity index (χ0n) is 15.3. The van der Waals surface area contributed by atoms with Crippen molar-refractivity contribution >= 4 is 28.5 Å². The van der Waals surface area contributed by atoms with E-state index in [0.29, 0.717) is 0 Å². The fourth-order valence-corrected chi connectivity index (χ4v) is 4.36. The number of carbonyl (C=O) groups is 2. The molecule has 5 nitrogen and oxygen atoms in total. The van der Waals surface area contributed by atoms with Crippen molar-refractivity contribution in [3.8, 4) is 0 Å². The maximum atomic E-state index is 12.4. The molecular formula is C22H22N2O3. The van der Waals surface area contributed by atoms with Crippen molar-refractivity contribution in [2.45, 2.75) is 38.8 Å². The largest absolute Gasteiger partial charge is 0.480 e. The van der Waals surface area contributed by atoms with Gasteiger partial charge in [-0.3, -0.25) is 9.59 Å². The number of aromatic nitrogens is 1. The number of anilines is 1. The van der Waals surface area contributed by atoms with Crippen molar-refractivity contribution in [3.05, 3.63) is 65.9 Å². The maximum Gasteiger partial charge on any atom is 0.323 e. The Balaban J connectivity index is 1.77. The Morgan fingerprint density at radius 3 is 2.52 bits per heavy atom. The third kappa shape index (κ3) is 3.10. The number of carbonyl (C=O) groups excluding carboxylic acids is 1. The van der Waals surface area contributed by atoms with E-state index in [1.54, 1.807) is 6.92 Å². The van der Waals surface area contributed by atoms with Gasteiger partial charge in [0, 0.05) is 35.2 Å². The minimum Gasteiger partial charge on any atom is -0.480 e. The number of carboxylic acids is 1. The van der Waals surface area contributed by atoms with Gasteiger partial charge in [0.1, 0.15) is 6.54 Å². The second kappa shape index (κ2) is 6.91. The summed E-state index contributed by atoms with van der Waals surface area (Å²) >= 11 is 0. The maximum absolute atomic E-state index is 12.4. The summed E-state index contributed by atoms with van der Waals surface area (Å²) in [6, 6.07) is 17.8. The number of rotatable bonds is 4. The Morgan fingerprint density at radius 1 is 1.11 bits per heavy atom. The van der Waals surface area contributed by atoms with Crippen LogP contribution in [0, 0.1) is 0 Å². The Morgan fingerprint density at radius 2 is 1.81 bits per heavy atom. The lowest BCUT2D eigenvalue weighted by molar-refractivity contribution is -0.137. The number of para-hydroxylation sites is 2. The van der Waals surface area contributed by atoms with Crippen LogP contribution in [0.3, 0.4) is 0 Å². The predicted octanol–water partition coefficient (Wildman–Crippen LogP) is 3.64. The Hall–Kier alpha value is -3.08. The van der Waals surface area contributed by atoms with Gasteiger partial charge in [0.15, 0.2) is 0 Å². The van der Waals surface area contributed by atoms with Crippen molar-refractivity contribution in [3.63, 3.8) is 0 Å². The highest BCUT2D eigenvalue weighted by molar-refractivity contribution is 5.93. The fourth-order valence-electron chi connectivity index (χ4n) is 4.36. The van der Waals surface area contributed by atoms with Gasteiger partial charge in [-0.2, -0.15) is 0 Å². The molecule has 1 heterocycles. The minimum atomic E-state index is -0.838. The number of fused-ring (bicyclic) bond motifs is 3. The molecule has 0 unspecified atom stereocenters. The molecule has 0 radical (unpaired) electrons. The van der Waals surface area contributed by atoms with Crippen LogP contribution in [0.15, 0.2) is 54.6 Å². The van der Waals surface area contributed by atoms with Gasteiger partial charge in [0.05, 0.1) is 0 Å². The molecule has 0 fully saturated rings. The Labute approximate surface area is 157 Å². The van der Waals surface area contributed by atoms with E-state index < -0.39 is 5.97 Å². The summed E-state index contributed by atoms with van der Waals surface area (Å²) < 4.78 is 1.92. The Kier molecular flexibility index (Phi) is 4.44. The summed E-state index contributed by atoms with van der Waals surface area (Å²) in [5, 5.41) is 10.4. The lowest BCUT2D eigenvalue weighted by atomic mass is 9.90. The van der Waals surface area contributed by atoms with E-state index in [0.717, 1.165) is 41.5 Å². The molecule has 27 heavy (non-hydrogen) atoms. The number of nitrogens with zero attached hydrogens (tertiary/aromatic N) is 2. The first kappa shape index (κ1) is 17.3. The van der Waals surface area contributed by atoms with Crippen LogP contribution in [0.1, 0.15) is 24.6 Å². The van der Waals surface area contributed by atoms with Crippen LogP contribution in [0.5, 0.6) is 0 Å². The van der Waals surface area contributed by atoms with Crippen LogP contribution < -0.4 is 4.90 Å². The zero-order valence-corrected chi connectivity index (χ0v) is 15.3. The van der Waals surface area contributed by atoms with Crippen LogP contribution in [0.2, 0.25) is 0 Å². The highest BCUT2D eigenvalue weighted by Crippen LogP contribution is 2.35. The molecule has 1 amide bonds. The van der Waals surface area contributed by atoms with Crippen molar-refractivity contribution in [2.24, 2.45) is 0 Å². The van der Waals surface area contributed by atoms with Gasteiger partial charge in [-0.1, -0.05) is 36.4 Å². The topological polar surface area (TPSA) is 62.5 Å². The van der Waals surface area contributed by atoms with Crippen LogP contribution in [-0.2, 0) is 29.0 Å². The Bertz CT molecular complexity index is 1010. The average Bonchev–Trinajstić information content (AvgIpc) is 2.96. The van der Waals surface area contributed by atoms with E-state index in [-0.39, 0.29) is 18.5 Å². The van der Waals surface area contributed by atoms with Gasteiger partial charge in [-0.15, -0.1) is 0 Å². The minimum absolute atomic E-state index is 0.0314. The number of benzene rings is 2. The third-order valence-corrected chi connectivity index (χ3v) is 5.38. The molecule has 1 aromatic heterocycles.